The summed E-state index contributed by atoms with van der Waals surface area (Å²) < 4.78 is 9.55. The largest absolute Gasteiger partial charge is 0.309 e. The Balaban J connectivity index is 0.000000139. The molecule has 0 unspecified atom stereocenters. The van der Waals surface area contributed by atoms with Crippen LogP contribution in [0.2, 0.25) is 0 Å². The molecule has 0 aliphatic carbocycles. The molecule has 6 heterocycles. The van der Waals surface area contributed by atoms with Crippen molar-refractivity contribution < 1.29 is 0 Å². The van der Waals surface area contributed by atoms with E-state index in [2.05, 4.69) is 249 Å². The number of hydrogen-bond donors (Lipinski definition) is 0. The molecule has 0 fully saturated rings. The van der Waals surface area contributed by atoms with Gasteiger partial charge in [0.2, 0.25) is 0 Å². The lowest BCUT2D eigenvalue weighted by Crippen LogP contribution is -2.00. The smallest absolute Gasteiger partial charge is 0.164 e. The molecule has 0 saturated carbocycles. The third kappa shape index (κ3) is 9.88. The van der Waals surface area contributed by atoms with E-state index in [1.54, 1.807) is 0 Å². The van der Waals surface area contributed by atoms with Crippen molar-refractivity contribution in [3.63, 3.8) is 0 Å². The van der Waals surface area contributed by atoms with E-state index >= 15 is 0 Å². The topological polar surface area (TPSA) is 97.1 Å². The highest BCUT2D eigenvalue weighted by Gasteiger charge is 2.23. The SMILES string of the molecule is c1ccc(-c2nc(-c3ccccc3)nc(-c3ccc(-n4c5ccccc5c5cc6c7ccccc7n(-c7ccccc7)c6cc54)cc3)n2)cc1.c1ccc(-c2nc(-c3ccccc3)nc(-c3ccc(-n4c5ccccc5c5ccc6c(c7ccccc7n6-c6ccccc6)c54)cc3)n2)cc1. The summed E-state index contributed by atoms with van der Waals surface area (Å²) in [5.41, 5.74) is 19.5. The number of nitrogens with zero attached hydrogens (tertiary/aromatic N) is 10. The first-order valence-corrected chi connectivity index (χ1v) is 33.6. The van der Waals surface area contributed by atoms with E-state index in [9.17, 15) is 0 Å². The number of aromatic nitrogens is 10. The summed E-state index contributed by atoms with van der Waals surface area (Å²) in [5.74, 6) is 3.88. The van der Waals surface area contributed by atoms with Crippen molar-refractivity contribution in [3.05, 3.63) is 352 Å². The number of fused-ring (bicyclic) bond motifs is 13. The lowest BCUT2D eigenvalue weighted by Gasteiger charge is -2.11. The van der Waals surface area contributed by atoms with Crippen LogP contribution in [0.3, 0.4) is 0 Å². The van der Waals surface area contributed by atoms with E-state index in [-0.39, 0.29) is 0 Å². The number of benzene rings is 14. The molecule has 0 N–H and O–H groups in total. The van der Waals surface area contributed by atoms with Crippen LogP contribution in [0.4, 0.5) is 0 Å². The van der Waals surface area contributed by atoms with Gasteiger partial charge >= 0.3 is 0 Å². The van der Waals surface area contributed by atoms with Gasteiger partial charge in [-0.25, -0.2) is 29.9 Å². The second kappa shape index (κ2) is 24.2. The van der Waals surface area contributed by atoms with Gasteiger partial charge in [0.15, 0.2) is 34.9 Å². The van der Waals surface area contributed by atoms with Crippen LogP contribution in [0.5, 0.6) is 0 Å². The number of hydrogen-bond acceptors (Lipinski definition) is 6. The molecule has 6 aromatic heterocycles. The average Bonchev–Trinajstić information content (AvgIpc) is 1.55. The van der Waals surface area contributed by atoms with E-state index in [4.69, 9.17) is 29.9 Å². The summed E-state index contributed by atoms with van der Waals surface area (Å²) in [5, 5.41) is 9.86. The second-order valence-electron chi connectivity index (χ2n) is 25.0. The Morgan fingerprint density at radius 1 is 0.160 bits per heavy atom. The minimum atomic E-state index is 0.639. The Kier molecular flexibility index (Phi) is 14.0. The molecule has 20 aromatic rings. The Hall–Kier alpha value is -13.7. The van der Waals surface area contributed by atoms with Crippen LogP contribution in [0.15, 0.2) is 352 Å². The minimum absolute atomic E-state index is 0.639. The fourth-order valence-corrected chi connectivity index (χ4v) is 14.6. The summed E-state index contributed by atoms with van der Waals surface area (Å²) in [6, 6.07) is 123. The summed E-state index contributed by atoms with van der Waals surface area (Å²) in [6.07, 6.45) is 0. The van der Waals surface area contributed by atoms with E-state index in [0.29, 0.717) is 34.9 Å². The molecule has 10 heteroatoms. The highest BCUT2D eigenvalue weighted by Crippen LogP contribution is 2.44. The lowest BCUT2D eigenvalue weighted by atomic mass is 10.1. The highest BCUT2D eigenvalue weighted by molar-refractivity contribution is 6.26. The van der Waals surface area contributed by atoms with Gasteiger partial charge in [-0.3, -0.25) is 0 Å². The third-order valence-electron chi connectivity index (χ3n) is 19.1. The molecule has 0 spiro atoms. The van der Waals surface area contributed by atoms with Crippen molar-refractivity contribution in [2.45, 2.75) is 0 Å². The van der Waals surface area contributed by atoms with Crippen LogP contribution in [0, 0.1) is 0 Å². The third-order valence-corrected chi connectivity index (χ3v) is 19.1. The predicted octanol–water partition coefficient (Wildman–Crippen LogP) is 22.1. The zero-order valence-electron chi connectivity index (χ0n) is 54.0. The molecule has 0 bridgehead atoms. The van der Waals surface area contributed by atoms with Gasteiger partial charge in [0.25, 0.3) is 0 Å². The van der Waals surface area contributed by atoms with Gasteiger partial charge in [0, 0.05) is 99.2 Å². The standard InChI is InChI=1S/2C45H29N5/c1-4-14-30(15-5-1)43-46-44(31-16-6-2-7-17-31)48-45(47-43)32-24-26-34(27-25-32)50-40-23-13-11-21-36(40)38-28-37-35-20-10-12-22-39(35)49(41(37)29-42(38)50)33-18-8-3-9-19-33;1-4-14-30(15-5-1)43-46-44(31-16-6-2-7-17-31)48-45(47-43)32-24-26-34(27-25-32)50-38-22-12-10-20-35(38)36-28-29-40-41(42(36)50)37-21-11-13-23-39(37)49(40)33-18-8-3-9-19-33/h2*1-29H. The normalized spacial score (nSPS) is 11.6. The Morgan fingerprint density at radius 2 is 0.430 bits per heavy atom. The first-order chi connectivity index (χ1) is 49.6. The van der Waals surface area contributed by atoms with Crippen molar-refractivity contribution >= 4 is 87.2 Å². The predicted molar refractivity (Wildman–Crippen MR) is 410 cm³/mol. The lowest BCUT2D eigenvalue weighted by molar-refractivity contribution is 1.07. The van der Waals surface area contributed by atoms with Crippen molar-refractivity contribution in [3.8, 4) is 91.1 Å². The van der Waals surface area contributed by atoms with Gasteiger partial charge in [0.05, 0.1) is 44.1 Å². The zero-order chi connectivity index (χ0) is 66.0. The first kappa shape index (κ1) is 57.7. The van der Waals surface area contributed by atoms with E-state index in [1.807, 2.05) is 121 Å². The van der Waals surface area contributed by atoms with Crippen LogP contribution in [-0.4, -0.2) is 48.2 Å². The summed E-state index contributed by atoms with van der Waals surface area (Å²) in [4.78, 5) is 29.6. The van der Waals surface area contributed by atoms with Gasteiger partial charge in [-0.1, -0.05) is 237 Å². The molecular weight excluding hydrogens is 1220 g/mol. The second-order valence-corrected chi connectivity index (χ2v) is 25.0. The van der Waals surface area contributed by atoms with Gasteiger partial charge in [0.1, 0.15) is 0 Å². The fraction of sp³-hybridized carbons (Fsp3) is 0. The molecule has 14 aromatic carbocycles. The Labute approximate surface area is 575 Å². The Bertz CT molecular complexity index is 6300. The summed E-state index contributed by atoms with van der Waals surface area (Å²) >= 11 is 0. The van der Waals surface area contributed by atoms with Gasteiger partial charge < -0.3 is 18.3 Å². The molecule has 468 valence electrons. The molecule has 0 atom stereocenters. The van der Waals surface area contributed by atoms with Gasteiger partial charge in [-0.15, -0.1) is 0 Å². The fourth-order valence-electron chi connectivity index (χ4n) is 14.6. The quantitative estimate of drug-likeness (QED) is 0.135. The molecule has 0 radical (unpaired) electrons. The van der Waals surface area contributed by atoms with Crippen LogP contribution in [-0.2, 0) is 0 Å². The maximum absolute atomic E-state index is 4.97. The first-order valence-electron chi connectivity index (χ1n) is 33.6. The van der Waals surface area contributed by atoms with E-state index in [0.717, 1.165) is 72.7 Å². The van der Waals surface area contributed by atoms with E-state index in [1.165, 1.54) is 70.7 Å². The molecule has 0 aliphatic heterocycles. The van der Waals surface area contributed by atoms with E-state index < -0.39 is 0 Å². The summed E-state index contributed by atoms with van der Waals surface area (Å²) in [6.45, 7) is 0. The molecule has 0 saturated heterocycles. The monoisotopic (exact) mass is 1280 g/mol. The van der Waals surface area contributed by atoms with Crippen LogP contribution in [0.25, 0.3) is 178 Å². The molecule has 20 rings (SSSR count). The molecule has 0 aliphatic rings. The van der Waals surface area contributed by atoms with Crippen molar-refractivity contribution in [1.82, 2.24) is 48.2 Å². The van der Waals surface area contributed by atoms with Crippen molar-refractivity contribution in [1.29, 1.82) is 0 Å². The van der Waals surface area contributed by atoms with Crippen molar-refractivity contribution in [2.24, 2.45) is 0 Å². The molecule has 0 amide bonds. The average molecular weight is 1280 g/mol. The summed E-state index contributed by atoms with van der Waals surface area (Å²) in [7, 11) is 0. The minimum Gasteiger partial charge on any atom is -0.309 e. The van der Waals surface area contributed by atoms with Crippen LogP contribution < -0.4 is 0 Å². The Morgan fingerprint density at radius 3 is 0.810 bits per heavy atom. The van der Waals surface area contributed by atoms with Crippen LogP contribution >= 0.6 is 0 Å². The zero-order valence-corrected chi connectivity index (χ0v) is 54.0. The van der Waals surface area contributed by atoms with Crippen LogP contribution in [0.1, 0.15) is 0 Å². The molecule has 100 heavy (non-hydrogen) atoms. The number of para-hydroxylation sites is 6. The van der Waals surface area contributed by atoms with Gasteiger partial charge in [-0.05, 0) is 115 Å². The van der Waals surface area contributed by atoms with Crippen molar-refractivity contribution in [2.75, 3.05) is 0 Å². The van der Waals surface area contributed by atoms with Gasteiger partial charge in [-0.2, -0.15) is 0 Å². The maximum atomic E-state index is 4.97. The molecule has 10 nitrogen and oxygen atoms in total. The highest BCUT2D eigenvalue weighted by atomic mass is 15.1. The number of rotatable bonds is 10. The maximum Gasteiger partial charge on any atom is 0.164 e. The molecular formula is C90H58N10.